The molecule has 0 saturated heterocycles. The van der Waals surface area contributed by atoms with Gasteiger partial charge in [-0.1, -0.05) is 67.4 Å². The van der Waals surface area contributed by atoms with Crippen LogP contribution in [0.25, 0.3) is 11.1 Å². The smallest absolute Gasteiger partial charge is 0.408 e. The van der Waals surface area contributed by atoms with E-state index in [4.69, 9.17) is 4.74 Å². The number of ether oxygens (including phenoxy) is 1. The predicted molar refractivity (Wildman–Crippen MR) is 115 cm³/mol. The van der Waals surface area contributed by atoms with Gasteiger partial charge in [-0.15, -0.1) is 0 Å². The van der Waals surface area contributed by atoms with E-state index in [9.17, 15) is 14.7 Å². The van der Waals surface area contributed by atoms with Crippen molar-refractivity contribution in [2.45, 2.75) is 64.5 Å². The minimum atomic E-state index is -1.03. The molecule has 0 aromatic heterocycles. The van der Waals surface area contributed by atoms with Gasteiger partial charge in [0.15, 0.2) is 0 Å². The highest BCUT2D eigenvalue weighted by Gasteiger charge is 2.23. The number of benzene rings is 2. The molecule has 29 heavy (non-hydrogen) atoms. The van der Waals surface area contributed by atoms with E-state index < -0.39 is 23.7 Å². The largest absolute Gasteiger partial charge is 0.480 e. The molecule has 5 nitrogen and oxygen atoms in total. The third-order valence-electron chi connectivity index (χ3n) is 4.51. The Labute approximate surface area is 173 Å². The van der Waals surface area contributed by atoms with E-state index in [-0.39, 0.29) is 0 Å². The molecule has 0 aliphatic rings. The van der Waals surface area contributed by atoms with Gasteiger partial charge in [-0.25, -0.2) is 9.59 Å². The number of hydrogen-bond acceptors (Lipinski definition) is 3. The van der Waals surface area contributed by atoms with Crippen molar-refractivity contribution >= 4 is 12.1 Å². The molecule has 0 fully saturated rings. The zero-order chi connectivity index (χ0) is 21.3. The number of hydrogen-bond donors (Lipinski definition) is 2. The summed E-state index contributed by atoms with van der Waals surface area (Å²) < 4.78 is 5.13. The number of carbonyl (C=O) groups is 2. The van der Waals surface area contributed by atoms with Crippen LogP contribution in [0, 0.1) is 0 Å². The summed E-state index contributed by atoms with van der Waals surface area (Å²) in [6.07, 6.45) is 3.26. The van der Waals surface area contributed by atoms with E-state index in [0.29, 0.717) is 6.42 Å². The average Bonchev–Trinajstić information content (AvgIpc) is 2.66. The zero-order valence-corrected chi connectivity index (χ0v) is 17.5. The van der Waals surface area contributed by atoms with Gasteiger partial charge in [0.05, 0.1) is 0 Å². The third kappa shape index (κ3) is 8.38. The van der Waals surface area contributed by atoms with Crippen LogP contribution in [0.1, 0.15) is 52.0 Å². The standard InChI is InChI=1S/C24H31NO4/c1-24(2,3)29-23(28)25-21(22(26)27)13-9-4-6-10-18-14-16-20(17-15-18)19-11-7-5-8-12-19/h5,7-8,11-12,14-17,21H,4,6,9-10,13H2,1-3H3,(H,25,28)(H,26,27). The number of nitrogens with one attached hydrogen (secondary N) is 1. The summed E-state index contributed by atoms with van der Waals surface area (Å²) in [6.45, 7) is 5.23. The van der Waals surface area contributed by atoms with Crippen LogP contribution in [-0.2, 0) is 16.0 Å². The SMILES string of the molecule is CC(C)(C)OC(=O)NC(CCCCCc1ccc(-c2ccccc2)cc1)C(=O)O. The van der Waals surface area contributed by atoms with E-state index in [0.717, 1.165) is 25.7 Å². The lowest BCUT2D eigenvalue weighted by Crippen LogP contribution is -2.43. The Balaban J connectivity index is 1.72. The summed E-state index contributed by atoms with van der Waals surface area (Å²) in [5.74, 6) is -1.03. The number of carbonyl (C=O) groups excluding carboxylic acids is 1. The first-order valence-corrected chi connectivity index (χ1v) is 10.1. The second kappa shape index (κ2) is 10.6. The van der Waals surface area contributed by atoms with Crippen LogP contribution in [0.5, 0.6) is 0 Å². The number of unbranched alkanes of at least 4 members (excludes halogenated alkanes) is 2. The topological polar surface area (TPSA) is 75.6 Å². The Hall–Kier alpha value is -2.82. The molecule has 5 heteroatoms. The number of carboxylic acids is 1. The number of amides is 1. The molecule has 0 bridgehead atoms. The zero-order valence-electron chi connectivity index (χ0n) is 17.5. The lowest BCUT2D eigenvalue weighted by molar-refractivity contribution is -0.139. The van der Waals surface area contributed by atoms with Crippen LogP contribution in [0.15, 0.2) is 54.6 Å². The molecule has 0 saturated carbocycles. The molecule has 156 valence electrons. The Bertz CT molecular complexity index is 779. The maximum absolute atomic E-state index is 11.8. The first-order valence-electron chi connectivity index (χ1n) is 10.1. The summed E-state index contributed by atoms with van der Waals surface area (Å²) in [7, 11) is 0. The summed E-state index contributed by atoms with van der Waals surface area (Å²) in [4.78, 5) is 23.1. The Kier molecular flexibility index (Phi) is 8.25. The van der Waals surface area contributed by atoms with Crippen molar-refractivity contribution in [3.05, 3.63) is 60.2 Å². The molecule has 0 aliphatic carbocycles. The quantitative estimate of drug-likeness (QED) is 0.553. The molecule has 2 aromatic carbocycles. The summed E-state index contributed by atoms with van der Waals surface area (Å²) in [5.41, 5.74) is 3.03. The van der Waals surface area contributed by atoms with Crippen molar-refractivity contribution in [2.75, 3.05) is 0 Å². The van der Waals surface area contributed by atoms with E-state index in [2.05, 4.69) is 41.7 Å². The highest BCUT2D eigenvalue weighted by Crippen LogP contribution is 2.20. The van der Waals surface area contributed by atoms with Gasteiger partial charge < -0.3 is 15.2 Å². The lowest BCUT2D eigenvalue weighted by atomic mass is 10.0. The van der Waals surface area contributed by atoms with Crippen molar-refractivity contribution in [1.29, 1.82) is 0 Å². The second-order valence-electron chi connectivity index (χ2n) is 8.20. The molecule has 1 unspecified atom stereocenters. The monoisotopic (exact) mass is 397 g/mol. The fourth-order valence-corrected chi connectivity index (χ4v) is 3.06. The van der Waals surface area contributed by atoms with Crippen LogP contribution in [0.2, 0.25) is 0 Å². The van der Waals surface area contributed by atoms with Gasteiger partial charge in [-0.05, 0) is 56.7 Å². The van der Waals surface area contributed by atoms with Gasteiger partial charge in [-0.3, -0.25) is 0 Å². The minimum absolute atomic E-state index is 0.390. The van der Waals surface area contributed by atoms with Gasteiger partial charge in [0, 0.05) is 0 Å². The summed E-state index contributed by atoms with van der Waals surface area (Å²) in [6, 6.07) is 17.9. The van der Waals surface area contributed by atoms with E-state index in [1.165, 1.54) is 16.7 Å². The number of carboxylic acid groups (broad SMARTS) is 1. The fraction of sp³-hybridized carbons (Fsp3) is 0.417. The molecule has 0 radical (unpaired) electrons. The van der Waals surface area contributed by atoms with Gasteiger partial charge >= 0.3 is 12.1 Å². The molecule has 0 spiro atoms. The second-order valence-corrected chi connectivity index (χ2v) is 8.20. The highest BCUT2D eigenvalue weighted by molar-refractivity contribution is 5.79. The molecular weight excluding hydrogens is 366 g/mol. The molecule has 1 amide bonds. The Morgan fingerprint density at radius 2 is 1.55 bits per heavy atom. The Morgan fingerprint density at radius 1 is 0.931 bits per heavy atom. The molecular formula is C24H31NO4. The van der Waals surface area contributed by atoms with Crippen LogP contribution in [-0.4, -0.2) is 28.8 Å². The van der Waals surface area contributed by atoms with E-state index in [1.807, 2.05) is 18.2 Å². The van der Waals surface area contributed by atoms with E-state index in [1.54, 1.807) is 20.8 Å². The molecule has 1 atom stereocenters. The molecule has 0 heterocycles. The number of rotatable bonds is 9. The predicted octanol–water partition coefficient (Wildman–Crippen LogP) is 5.43. The van der Waals surface area contributed by atoms with Gasteiger partial charge in [-0.2, -0.15) is 0 Å². The molecule has 2 rings (SSSR count). The van der Waals surface area contributed by atoms with Crippen LogP contribution >= 0.6 is 0 Å². The average molecular weight is 398 g/mol. The van der Waals surface area contributed by atoms with Crippen molar-refractivity contribution in [3.63, 3.8) is 0 Å². The number of aliphatic carboxylic acids is 1. The van der Waals surface area contributed by atoms with Gasteiger partial charge in [0.2, 0.25) is 0 Å². The van der Waals surface area contributed by atoms with Crippen molar-refractivity contribution in [3.8, 4) is 11.1 Å². The van der Waals surface area contributed by atoms with Crippen molar-refractivity contribution in [1.82, 2.24) is 5.32 Å². The molecule has 2 aromatic rings. The number of alkyl carbamates (subject to hydrolysis) is 1. The normalized spacial score (nSPS) is 12.2. The number of aryl methyl sites for hydroxylation is 1. The third-order valence-corrected chi connectivity index (χ3v) is 4.51. The lowest BCUT2D eigenvalue weighted by Gasteiger charge is -2.22. The maximum atomic E-state index is 11.8. The molecule has 0 aliphatic heterocycles. The Morgan fingerprint density at radius 3 is 2.14 bits per heavy atom. The minimum Gasteiger partial charge on any atom is -0.480 e. The highest BCUT2D eigenvalue weighted by atomic mass is 16.6. The van der Waals surface area contributed by atoms with Crippen LogP contribution < -0.4 is 5.32 Å². The first kappa shape index (κ1) is 22.5. The summed E-state index contributed by atoms with van der Waals surface area (Å²) >= 11 is 0. The van der Waals surface area contributed by atoms with Gasteiger partial charge in [0.1, 0.15) is 11.6 Å². The fourth-order valence-electron chi connectivity index (χ4n) is 3.06. The molecule has 2 N–H and O–H groups in total. The maximum Gasteiger partial charge on any atom is 0.408 e. The van der Waals surface area contributed by atoms with E-state index >= 15 is 0 Å². The van der Waals surface area contributed by atoms with Crippen LogP contribution in [0.4, 0.5) is 4.79 Å². The summed E-state index contributed by atoms with van der Waals surface area (Å²) in [5, 5.41) is 11.7. The van der Waals surface area contributed by atoms with Crippen LogP contribution in [0.3, 0.4) is 0 Å². The first-order chi connectivity index (χ1) is 13.7. The van der Waals surface area contributed by atoms with Gasteiger partial charge in [0.25, 0.3) is 0 Å². The van der Waals surface area contributed by atoms with Crippen molar-refractivity contribution in [2.24, 2.45) is 0 Å². The van der Waals surface area contributed by atoms with Crippen molar-refractivity contribution < 1.29 is 19.4 Å².